The molecule has 0 radical (unpaired) electrons. The van der Waals surface area contributed by atoms with Gasteiger partial charge in [0.05, 0.1) is 43.2 Å². The molecule has 2 aromatic rings. The zero-order valence-electron chi connectivity index (χ0n) is 23.7. The van der Waals surface area contributed by atoms with Gasteiger partial charge in [0.25, 0.3) is 5.91 Å². The van der Waals surface area contributed by atoms with Crippen molar-refractivity contribution < 1.29 is 38.1 Å². The molecule has 0 spiro atoms. The Kier molecular flexibility index (Phi) is 11.6. The molecule has 0 fully saturated rings. The normalized spacial score (nSPS) is 14.5. The highest BCUT2D eigenvalue weighted by atomic mass is 35.5. The van der Waals surface area contributed by atoms with Gasteiger partial charge >= 0.3 is 12.0 Å². The SMILES string of the molecule is C=CCOc1c(Cl)cc(/C=N\NC(=O)COc2ccc([C@H]3NC(=O)NC(C)=C3C(=O)OCC)cc2OC)cc1OCC. The molecular weight excluding hydrogens is 568 g/mol. The smallest absolute Gasteiger partial charge is 0.338 e. The molecule has 1 heterocycles. The minimum atomic E-state index is -0.780. The zero-order valence-corrected chi connectivity index (χ0v) is 24.5. The van der Waals surface area contributed by atoms with Crippen molar-refractivity contribution in [2.75, 3.05) is 33.5 Å². The second-order valence-corrected chi connectivity index (χ2v) is 9.05. The summed E-state index contributed by atoms with van der Waals surface area (Å²) in [5.74, 6) is 0.281. The molecule has 1 aliphatic heterocycles. The Hall–Kier alpha value is -4.71. The molecule has 2 aromatic carbocycles. The molecule has 0 saturated heterocycles. The van der Waals surface area contributed by atoms with E-state index in [-0.39, 0.29) is 36.9 Å². The van der Waals surface area contributed by atoms with Crippen LogP contribution in [0.5, 0.6) is 23.0 Å². The molecule has 12 nitrogen and oxygen atoms in total. The van der Waals surface area contributed by atoms with Crippen molar-refractivity contribution in [3.8, 4) is 23.0 Å². The van der Waals surface area contributed by atoms with Crippen molar-refractivity contribution in [3.05, 3.63) is 70.4 Å². The van der Waals surface area contributed by atoms with Crippen LogP contribution in [0.3, 0.4) is 0 Å². The van der Waals surface area contributed by atoms with Crippen LogP contribution in [0.25, 0.3) is 0 Å². The van der Waals surface area contributed by atoms with Crippen LogP contribution in [0.1, 0.15) is 37.9 Å². The summed E-state index contributed by atoms with van der Waals surface area (Å²) in [5, 5.41) is 9.58. The second-order valence-electron chi connectivity index (χ2n) is 8.65. The largest absolute Gasteiger partial charge is 0.493 e. The predicted octanol–water partition coefficient (Wildman–Crippen LogP) is 4.03. The Bertz CT molecular complexity index is 1390. The van der Waals surface area contributed by atoms with Crippen molar-refractivity contribution in [3.63, 3.8) is 0 Å². The number of nitrogens with zero attached hydrogens (tertiary/aromatic N) is 1. The lowest BCUT2D eigenvalue weighted by Gasteiger charge is -2.28. The number of hydrogen-bond acceptors (Lipinski definition) is 9. The van der Waals surface area contributed by atoms with Gasteiger partial charge in [-0.1, -0.05) is 30.3 Å². The Morgan fingerprint density at radius 1 is 1.10 bits per heavy atom. The van der Waals surface area contributed by atoms with E-state index < -0.39 is 23.9 Å². The fourth-order valence-electron chi connectivity index (χ4n) is 3.97. The number of benzene rings is 2. The van der Waals surface area contributed by atoms with Crippen LogP contribution in [0.15, 0.2) is 59.4 Å². The third-order valence-electron chi connectivity index (χ3n) is 5.72. The number of halogens is 1. The van der Waals surface area contributed by atoms with Gasteiger partial charge in [0.1, 0.15) is 6.61 Å². The number of carbonyl (C=O) groups is 3. The Morgan fingerprint density at radius 2 is 1.88 bits per heavy atom. The monoisotopic (exact) mass is 600 g/mol. The number of nitrogens with one attached hydrogen (secondary N) is 3. The summed E-state index contributed by atoms with van der Waals surface area (Å²) in [6.45, 7) is 9.23. The molecule has 0 aromatic heterocycles. The molecule has 0 unspecified atom stereocenters. The van der Waals surface area contributed by atoms with Crippen molar-refractivity contribution in [2.45, 2.75) is 26.8 Å². The van der Waals surface area contributed by atoms with Crippen LogP contribution in [0.2, 0.25) is 5.02 Å². The fraction of sp³-hybridized carbons (Fsp3) is 0.310. The van der Waals surface area contributed by atoms with Crippen molar-refractivity contribution >= 4 is 35.7 Å². The number of hydrazone groups is 1. The van der Waals surface area contributed by atoms with E-state index in [2.05, 4.69) is 27.7 Å². The lowest BCUT2D eigenvalue weighted by Crippen LogP contribution is -2.45. The number of methoxy groups -OCH3 is 1. The number of carbonyl (C=O) groups excluding carboxylic acids is 3. The van der Waals surface area contributed by atoms with Gasteiger partial charge in [-0.2, -0.15) is 5.10 Å². The number of rotatable bonds is 14. The highest BCUT2D eigenvalue weighted by molar-refractivity contribution is 6.32. The van der Waals surface area contributed by atoms with Crippen molar-refractivity contribution in [1.82, 2.24) is 16.1 Å². The molecule has 0 bridgehead atoms. The molecule has 3 rings (SSSR count). The first kappa shape index (κ1) is 31.8. The summed E-state index contributed by atoms with van der Waals surface area (Å²) >= 11 is 6.34. The van der Waals surface area contributed by atoms with Gasteiger partial charge in [0, 0.05) is 5.70 Å². The first-order valence-electron chi connectivity index (χ1n) is 13.0. The minimum absolute atomic E-state index is 0.178. The van der Waals surface area contributed by atoms with E-state index in [0.29, 0.717) is 40.0 Å². The van der Waals surface area contributed by atoms with Crippen LogP contribution in [0, 0.1) is 0 Å². The number of allylic oxidation sites excluding steroid dienone is 1. The van der Waals surface area contributed by atoms with Crippen LogP contribution >= 0.6 is 11.6 Å². The molecule has 224 valence electrons. The summed E-state index contributed by atoms with van der Waals surface area (Å²) < 4.78 is 27.4. The maximum absolute atomic E-state index is 12.6. The number of hydrogen-bond donors (Lipinski definition) is 3. The van der Waals surface area contributed by atoms with E-state index in [1.54, 1.807) is 50.3 Å². The maximum Gasteiger partial charge on any atom is 0.338 e. The summed E-state index contributed by atoms with van der Waals surface area (Å²) in [7, 11) is 1.43. The van der Waals surface area contributed by atoms with Gasteiger partial charge in [-0.3, -0.25) is 4.79 Å². The molecule has 0 saturated carbocycles. The van der Waals surface area contributed by atoms with Gasteiger partial charge < -0.3 is 34.3 Å². The Morgan fingerprint density at radius 3 is 2.57 bits per heavy atom. The summed E-state index contributed by atoms with van der Waals surface area (Å²) in [6.07, 6.45) is 3.00. The van der Waals surface area contributed by atoms with Crippen molar-refractivity contribution in [2.24, 2.45) is 5.10 Å². The second kappa shape index (κ2) is 15.3. The highest BCUT2D eigenvalue weighted by Gasteiger charge is 2.32. The first-order chi connectivity index (χ1) is 20.2. The van der Waals surface area contributed by atoms with Gasteiger partial charge in [-0.05, 0) is 56.2 Å². The highest BCUT2D eigenvalue weighted by Crippen LogP contribution is 2.37. The van der Waals surface area contributed by atoms with Gasteiger partial charge in [-0.15, -0.1) is 0 Å². The topological polar surface area (TPSA) is 146 Å². The molecule has 3 N–H and O–H groups in total. The Balaban J connectivity index is 1.67. The molecule has 0 aliphatic carbocycles. The number of amides is 3. The first-order valence-corrected chi connectivity index (χ1v) is 13.4. The van der Waals surface area contributed by atoms with E-state index in [1.807, 2.05) is 6.92 Å². The van der Waals surface area contributed by atoms with Crippen LogP contribution in [-0.4, -0.2) is 57.7 Å². The quantitative estimate of drug-likeness (QED) is 0.127. The average Bonchev–Trinajstić information content (AvgIpc) is 2.95. The van der Waals surface area contributed by atoms with Gasteiger partial charge in [0.2, 0.25) is 0 Å². The third-order valence-corrected chi connectivity index (χ3v) is 6.01. The van der Waals surface area contributed by atoms with Crippen LogP contribution < -0.4 is 35.0 Å². The van der Waals surface area contributed by atoms with Crippen LogP contribution in [0.4, 0.5) is 4.79 Å². The summed E-state index contributed by atoms with van der Waals surface area (Å²) in [5.41, 5.74) is 4.16. The fourth-order valence-corrected chi connectivity index (χ4v) is 4.24. The molecule has 1 aliphatic rings. The molecule has 13 heteroatoms. The predicted molar refractivity (Wildman–Crippen MR) is 156 cm³/mol. The average molecular weight is 601 g/mol. The van der Waals surface area contributed by atoms with E-state index in [9.17, 15) is 14.4 Å². The van der Waals surface area contributed by atoms with Crippen molar-refractivity contribution in [1.29, 1.82) is 0 Å². The zero-order chi connectivity index (χ0) is 30.6. The standard InChI is InChI=1S/C29H33ClN4O8/c1-6-11-41-27-20(30)12-18(13-23(27)39-7-2)15-31-34-24(35)16-42-21-10-9-19(14-22(21)38-5)26-25(28(36)40-8-3)17(4)32-29(37)33-26/h6,9-10,12-15,26H,1,7-8,11,16H2,2-5H3,(H,34,35)(H2,32,33,37)/b31-15-/t26-/m1/s1. The third kappa shape index (κ3) is 8.16. The summed E-state index contributed by atoms with van der Waals surface area (Å²) in [6, 6.07) is 6.89. The lowest BCUT2D eigenvalue weighted by atomic mass is 9.95. The molecule has 42 heavy (non-hydrogen) atoms. The number of esters is 1. The number of urea groups is 1. The van der Waals surface area contributed by atoms with E-state index in [1.165, 1.54) is 13.3 Å². The summed E-state index contributed by atoms with van der Waals surface area (Å²) in [4.78, 5) is 37.1. The molecule has 1 atom stereocenters. The number of ether oxygens (including phenoxy) is 5. The Labute approximate surface area is 248 Å². The van der Waals surface area contributed by atoms with E-state index in [0.717, 1.165) is 0 Å². The van der Waals surface area contributed by atoms with Gasteiger partial charge in [0.15, 0.2) is 29.6 Å². The molecular formula is C29H33ClN4O8. The minimum Gasteiger partial charge on any atom is -0.493 e. The maximum atomic E-state index is 12.6. The molecule has 3 amide bonds. The lowest BCUT2D eigenvalue weighted by molar-refractivity contribution is -0.139. The van der Waals surface area contributed by atoms with E-state index >= 15 is 0 Å². The van der Waals surface area contributed by atoms with Crippen LogP contribution in [-0.2, 0) is 14.3 Å². The van der Waals surface area contributed by atoms with E-state index in [4.69, 9.17) is 35.3 Å². The van der Waals surface area contributed by atoms with Gasteiger partial charge in [-0.25, -0.2) is 15.0 Å².